The fourth-order valence-electron chi connectivity index (χ4n) is 3.22. The molecule has 1 aliphatic carbocycles. The molecule has 2 fully saturated rings. The van der Waals surface area contributed by atoms with Crippen LogP contribution in [0.3, 0.4) is 0 Å². The van der Waals surface area contributed by atoms with E-state index in [0.29, 0.717) is 18.5 Å². The second-order valence-corrected chi connectivity index (χ2v) is 5.65. The van der Waals surface area contributed by atoms with Gasteiger partial charge in [-0.25, -0.2) is 9.59 Å². The van der Waals surface area contributed by atoms with Crippen molar-refractivity contribution in [3.05, 3.63) is 35.4 Å². The van der Waals surface area contributed by atoms with Crippen LogP contribution in [0.5, 0.6) is 0 Å². The number of aromatic carboxylic acids is 1. The Balaban J connectivity index is 1.54. The standard InChI is InChI=1S/C15H18N2O3/c18-14(19)12-4-1-10(2-5-12)8-16-15(20)17-9-11-3-6-13(17)7-11/h1-2,4-5,11,13H,3,6-9H2,(H,16,20)(H,18,19). The number of carboxylic acid groups (broad SMARTS) is 1. The number of likely N-dealkylation sites (tertiary alicyclic amines) is 1. The minimum Gasteiger partial charge on any atom is -0.478 e. The van der Waals surface area contributed by atoms with Crippen LogP contribution in [0, 0.1) is 5.92 Å². The summed E-state index contributed by atoms with van der Waals surface area (Å²) in [6.45, 7) is 1.32. The lowest BCUT2D eigenvalue weighted by molar-refractivity contribution is 0.0697. The number of hydrogen-bond acceptors (Lipinski definition) is 2. The summed E-state index contributed by atoms with van der Waals surface area (Å²) in [5.74, 6) is -0.241. The molecule has 0 aromatic heterocycles. The highest BCUT2D eigenvalue weighted by Gasteiger charge is 2.40. The summed E-state index contributed by atoms with van der Waals surface area (Å²) in [5, 5.41) is 11.7. The molecule has 1 aromatic carbocycles. The Kier molecular flexibility index (Phi) is 3.34. The van der Waals surface area contributed by atoms with E-state index in [1.165, 1.54) is 6.42 Å². The maximum absolute atomic E-state index is 12.1. The third kappa shape index (κ3) is 2.48. The van der Waals surface area contributed by atoms with Crippen molar-refractivity contribution in [2.24, 2.45) is 5.92 Å². The lowest BCUT2D eigenvalue weighted by atomic mass is 10.1. The number of carboxylic acids is 1. The predicted octanol–water partition coefficient (Wildman–Crippen LogP) is 2.08. The molecule has 1 heterocycles. The largest absolute Gasteiger partial charge is 0.478 e. The van der Waals surface area contributed by atoms with Gasteiger partial charge in [0, 0.05) is 19.1 Å². The smallest absolute Gasteiger partial charge is 0.335 e. The van der Waals surface area contributed by atoms with Gasteiger partial charge in [0.25, 0.3) is 0 Å². The van der Waals surface area contributed by atoms with Crippen LogP contribution >= 0.6 is 0 Å². The normalized spacial score (nSPS) is 23.9. The van der Waals surface area contributed by atoms with Crippen molar-refractivity contribution >= 4 is 12.0 Å². The second kappa shape index (κ2) is 5.15. The van der Waals surface area contributed by atoms with E-state index in [2.05, 4.69) is 5.32 Å². The van der Waals surface area contributed by atoms with Crippen LogP contribution in [0.2, 0.25) is 0 Å². The fraction of sp³-hybridized carbons (Fsp3) is 0.467. The number of carbonyl (C=O) groups is 2. The zero-order valence-corrected chi connectivity index (χ0v) is 11.2. The number of benzene rings is 1. The van der Waals surface area contributed by atoms with Gasteiger partial charge in [-0.2, -0.15) is 0 Å². The van der Waals surface area contributed by atoms with Crippen molar-refractivity contribution in [2.45, 2.75) is 31.8 Å². The molecule has 3 rings (SSSR count). The summed E-state index contributed by atoms with van der Waals surface area (Å²) >= 11 is 0. The van der Waals surface area contributed by atoms with Gasteiger partial charge in [-0.15, -0.1) is 0 Å². The molecule has 1 saturated carbocycles. The number of rotatable bonds is 3. The highest BCUT2D eigenvalue weighted by molar-refractivity contribution is 5.87. The molecule has 1 saturated heterocycles. The summed E-state index contributed by atoms with van der Waals surface area (Å²) in [7, 11) is 0. The molecule has 2 unspecified atom stereocenters. The van der Waals surface area contributed by atoms with E-state index >= 15 is 0 Å². The summed E-state index contributed by atoms with van der Waals surface area (Å²) in [6.07, 6.45) is 3.54. The molecule has 2 atom stereocenters. The van der Waals surface area contributed by atoms with E-state index in [-0.39, 0.29) is 11.6 Å². The van der Waals surface area contributed by atoms with Crippen LogP contribution < -0.4 is 5.32 Å². The number of fused-ring (bicyclic) bond motifs is 2. The third-order valence-corrected chi connectivity index (χ3v) is 4.31. The maximum atomic E-state index is 12.1. The highest BCUT2D eigenvalue weighted by Crippen LogP contribution is 2.37. The molecule has 5 nitrogen and oxygen atoms in total. The number of amides is 2. The van der Waals surface area contributed by atoms with Crippen molar-refractivity contribution < 1.29 is 14.7 Å². The van der Waals surface area contributed by atoms with Gasteiger partial charge in [-0.1, -0.05) is 12.1 Å². The van der Waals surface area contributed by atoms with Crippen molar-refractivity contribution in [3.63, 3.8) is 0 Å². The Hall–Kier alpha value is -2.04. The molecular weight excluding hydrogens is 256 g/mol. The zero-order valence-electron chi connectivity index (χ0n) is 11.2. The van der Waals surface area contributed by atoms with Gasteiger partial charge in [-0.05, 0) is 42.9 Å². The number of carbonyl (C=O) groups excluding carboxylic acids is 1. The quantitative estimate of drug-likeness (QED) is 0.886. The van der Waals surface area contributed by atoms with Gasteiger partial charge in [0.05, 0.1) is 5.56 Å². The summed E-state index contributed by atoms with van der Waals surface area (Å²) in [5.41, 5.74) is 1.17. The summed E-state index contributed by atoms with van der Waals surface area (Å²) < 4.78 is 0. The highest BCUT2D eigenvalue weighted by atomic mass is 16.4. The molecule has 20 heavy (non-hydrogen) atoms. The first-order chi connectivity index (χ1) is 9.63. The SMILES string of the molecule is O=C(O)c1ccc(CNC(=O)N2CC3CCC2C3)cc1. The topological polar surface area (TPSA) is 69.6 Å². The van der Waals surface area contributed by atoms with E-state index in [0.717, 1.165) is 24.9 Å². The average Bonchev–Trinajstić information content (AvgIpc) is 3.08. The number of urea groups is 1. The Morgan fingerprint density at radius 1 is 1.25 bits per heavy atom. The molecule has 5 heteroatoms. The molecule has 0 spiro atoms. The first kappa shape index (κ1) is 13.0. The second-order valence-electron chi connectivity index (χ2n) is 5.65. The van der Waals surface area contributed by atoms with Crippen LogP contribution in [0.1, 0.15) is 35.2 Å². The molecule has 2 N–H and O–H groups in total. The van der Waals surface area contributed by atoms with Crippen molar-refractivity contribution in [1.29, 1.82) is 0 Å². The van der Waals surface area contributed by atoms with E-state index in [1.54, 1.807) is 24.3 Å². The molecule has 2 bridgehead atoms. The lowest BCUT2D eigenvalue weighted by Gasteiger charge is -2.27. The number of piperidine rings is 1. The lowest BCUT2D eigenvalue weighted by Crippen LogP contribution is -2.43. The zero-order chi connectivity index (χ0) is 14.1. The third-order valence-electron chi connectivity index (χ3n) is 4.31. The number of nitrogens with zero attached hydrogens (tertiary/aromatic N) is 1. The van der Waals surface area contributed by atoms with Crippen molar-refractivity contribution in [3.8, 4) is 0 Å². The fourth-order valence-corrected chi connectivity index (χ4v) is 3.22. The van der Waals surface area contributed by atoms with Gasteiger partial charge >= 0.3 is 12.0 Å². The molecule has 0 radical (unpaired) electrons. The average molecular weight is 274 g/mol. The Morgan fingerprint density at radius 2 is 2.00 bits per heavy atom. The van der Waals surface area contributed by atoms with Crippen LogP contribution in [0.25, 0.3) is 0 Å². The predicted molar refractivity (Wildman–Crippen MR) is 73.5 cm³/mol. The summed E-state index contributed by atoms with van der Waals surface area (Å²) in [6, 6.07) is 7.01. The number of hydrogen-bond donors (Lipinski definition) is 2. The van der Waals surface area contributed by atoms with Gasteiger partial charge in [-0.3, -0.25) is 0 Å². The van der Waals surface area contributed by atoms with Crippen LogP contribution in [0.15, 0.2) is 24.3 Å². The Morgan fingerprint density at radius 3 is 2.55 bits per heavy atom. The summed E-state index contributed by atoms with van der Waals surface area (Å²) in [4.78, 5) is 24.8. The van der Waals surface area contributed by atoms with Gasteiger partial charge < -0.3 is 15.3 Å². The molecule has 2 aliphatic rings. The first-order valence-corrected chi connectivity index (χ1v) is 7.00. The minimum absolute atomic E-state index is 0.000453. The molecule has 1 aromatic rings. The van der Waals surface area contributed by atoms with Crippen molar-refractivity contribution in [1.82, 2.24) is 10.2 Å². The monoisotopic (exact) mass is 274 g/mol. The van der Waals surface area contributed by atoms with Crippen LogP contribution in [-0.4, -0.2) is 34.6 Å². The Labute approximate surface area is 117 Å². The first-order valence-electron chi connectivity index (χ1n) is 7.00. The van der Waals surface area contributed by atoms with Gasteiger partial charge in [0.2, 0.25) is 0 Å². The number of nitrogens with one attached hydrogen (secondary N) is 1. The minimum atomic E-state index is -0.936. The molecule has 106 valence electrons. The van der Waals surface area contributed by atoms with E-state index < -0.39 is 5.97 Å². The Bertz CT molecular complexity index is 526. The van der Waals surface area contributed by atoms with Crippen LogP contribution in [0.4, 0.5) is 4.79 Å². The molecule has 1 aliphatic heterocycles. The maximum Gasteiger partial charge on any atom is 0.335 e. The van der Waals surface area contributed by atoms with Gasteiger partial charge in [0.1, 0.15) is 0 Å². The van der Waals surface area contributed by atoms with E-state index in [9.17, 15) is 9.59 Å². The van der Waals surface area contributed by atoms with E-state index in [4.69, 9.17) is 5.11 Å². The molecule has 2 amide bonds. The molecular formula is C15H18N2O3. The van der Waals surface area contributed by atoms with Crippen molar-refractivity contribution in [2.75, 3.05) is 6.54 Å². The van der Waals surface area contributed by atoms with Crippen LogP contribution in [-0.2, 0) is 6.54 Å². The van der Waals surface area contributed by atoms with E-state index in [1.807, 2.05) is 4.90 Å². The van der Waals surface area contributed by atoms with Gasteiger partial charge in [0.15, 0.2) is 0 Å².